The van der Waals surface area contributed by atoms with Crippen LogP contribution in [-0.4, -0.2) is 35.4 Å². The molecule has 0 saturated carbocycles. The first-order valence-corrected chi connectivity index (χ1v) is 8.89. The number of hydrogen-bond acceptors (Lipinski definition) is 5. The van der Waals surface area contributed by atoms with Gasteiger partial charge in [-0.25, -0.2) is 9.97 Å². The first-order valence-electron chi connectivity index (χ1n) is 8.89. The highest BCUT2D eigenvalue weighted by Gasteiger charge is 2.51. The Morgan fingerprint density at radius 3 is 2.12 bits per heavy atom. The number of rotatable bonds is 4. The molecule has 0 radical (unpaired) electrons. The third kappa shape index (κ3) is 3.41. The molecule has 3 rings (SSSR count). The Labute approximate surface area is 156 Å². The largest absolute Gasteiger partial charge is 0.494 e. The number of ether oxygens (including phenoxy) is 1. The lowest BCUT2D eigenvalue weighted by atomic mass is 9.78. The highest BCUT2D eigenvalue weighted by molar-refractivity contribution is 6.62. The fourth-order valence-corrected chi connectivity index (χ4v) is 2.71. The highest BCUT2D eigenvalue weighted by Crippen LogP contribution is 2.36. The van der Waals surface area contributed by atoms with Crippen LogP contribution in [0.25, 0.3) is 11.4 Å². The van der Waals surface area contributed by atoms with Gasteiger partial charge in [-0.05, 0) is 47.0 Å². The molecule has 2 aromatic rings. The van der Waals surface area contributed by atoms with Gasteiger partial charge in [0, 0.05) is 30.6 Å². The molecule has 0 N–H and O–H groups in total. The van der Waals surface area contributed by atoms with E-state index in [1.165, 1.54) is 0 Å². The summed E-state index contributed by atoms with van der Waals surface area (Å²) in [7, 11) is 1.29. The van der Waals surface area contributed by atoms with Gasteiger partial charge in [0.15, 0.2) is 5.82 Å². The molecule has 0 unspecified atom stereocenters. The van der Waals surface area contributed by atoms with Crippen molar-refractivity contribution < 1.29 is 14.0 Å². The van der Waals surface area contributed by atoms with Crippen LogP contribution in [0.2, 0.25) is 0 Å². The van der Waals surface area contributed by atoms with E-state index in [9.17, 15) is 0 Å². The van der Waals surface area contributed by atoms with Crippen LogP contribution < -0.4 is 5.46 Å². The minimum Gasteiger partial charge on any atom is -0.399 e. The van der Waals surface area contributed by atoms with E-state index in [-0.39, 0.29) is 11.2 Å². The number of methoxy groups -OCH3 is 1. The Bertz CT molecular complexity index is 772. The van der Waals surface area contributed by atoms with Crippen LogP contribution >= 0.6 is 0 Å². The standard InChI is InChI=1S/C20H27BN2O3/c1-18(2,24-7)15-12-22-17(23-13-15)14-9-8-10-16(11-14)21-25-19(3,4)20(5,6)26-21/h8-13H,1-7H3. The molecule has 2 heterocycles. The quantitative estimate of drug-likeness (QED) is 0.789. The Hall–Kier alpha value is -1.76. The van der Waals surface area contributed by atoms with Crippen molar-refractivity contribution in [2.45, 2.75) is 58.3 Å². The van der Waals surface area contributed by atoms with E-state index in [1.807, 2.05) is 50.5 Å². The first kappa shape index (κ1) is 19.0. The van der Waals surface area contributed by atoms with Gasteiger partial charge in [0.05, 0.1) is 16.8 Å². The molecule has 1 aromatic heterocycles. The van der Waals surface area contributed by atoms with Crippen molar-refractivity contribution in [1.29, 1.82) is 0 Å². The molecule has 1 fully saturated rings. The van der Waals surface area contributed by atoms with Gasteiger partial charge in [-0.3, -0.25) is 0 Å². The lowest BCUT2D eigenvalue weighted by molar-refractivity contribution is 0.00578. The maximum absolute atomic E-state index is 6.14. The molecule has 1 aliphatic heterocycles. The van der Waals surface area contributed by atoms with Gasteiger partial charge >= 0.3 is 7.12 Å². The van der Waals surface area contributed by atoms with Crippen LogP contribution in [-0.2, 0) is 19.6 Å². The normalized spacial score (nSPS) is 19.0. The van der Waals surface area contributed by atoms with Gasteiger partial charge in [-0.15, -0.1) is 0 Å². The molecule has 26 heavy (non-hydrogen) atoms. The van der Waals surface area contributed by atoms with Gasteiger partial charge < -0.3 is 14.0 Å². The maximum Gasteiger partial charge on any atom is 0.494 e. The number of hydrogen-bond donors (Lipinski definition) is 0. The molecule has 1 aromatic carbocycles. The van der Waals surface area contributed by atoms with E-state index in [1.54, 1.807) is 7.11 Å². The van der Waals surface area contributed by atoms with Crippen molar-refractivity contribution in [3.05, 3.63) is 42.2 Å². The van der Waals surface area contributed by atoms with Gasteiger partial charge in [0.25, 0.3) is 0 Å². The predicted molar refractivity (Wildman–Crippen MR) is 103 cm³/mol. The maximum atomic E-state index is 6.14. The van der Waals surface area contributed by atoms with Crippen LogP contribution in [0.1, 0.15) is 47.1 Å². The summed E-state index contributed by atoms with van der Waals surface area (Å²) < 4.78 is 17.8. The summed E-state index contributed by atoms with van der Waals surface area (Å²) in [6.45, 7) is 12.2. The summed E-state index contributed by atoms with van der Waals surface area (Å²) in [4.78, 5) is 9.03. The summed E-state index contributed by atoms with van der Waals surface area (Å²) in [6, 6.07) is 8.00. The third-order valence-corrected chi connectivity index (χ3v) is 5.53. The van der Waals surface area contributed by atoms with Crippen LogP contribution in [0.3, 0.4) is 0 Å². The molecule has 1 saturated heterocycles. The Morgan fingerprint density at radius 1 is 1.00 bits per heavy atom. The summed E-state index contributed by atoms with van der Waals surface area (Å²) in [5.41, 5.74) is 1.69. The average molecular weight is 354 g/mol. The SMILES string of the molecule is COC(C)(C)c1cnc(-c2cccc(B3OC(C)(C)C(C)(C)O3)c2)nc1. The van der Waals surface area contributed by atoms with Crippen molar-refractivity contribution in [3.8, 4) is 11.4 Å². The molecule has 5 nitrogen and oxygen atoms in total. The Morgan fingerprint density at radius 2 is 1.58 bits per heavy atom. The second-order valence-electron chi connectivity index (χ2n) is 8.22. The van der Waals surface area contributed by atoms with Gasteiger partial charge in [-0.1, -0.05) is 24.3 Å². The van der Waals surface area contributed by atoms with Crippen molar-refractivity contribution in [2.75, 3.05) is 7.11 Å². The lowest BCUT2D eigenvalue weighted by Gasteiger charge is -2.32. The highest BCUT2D eigenvalue weighted by atomic mass is 16.7. The van der Waals surface area contributed by atoms with Crippen LogP contribution in [0.5, 0.6) is 0 Å². The second-order valence-corrected chi connectivity index (χ2v) is 8.22. The Balaban J connectivity index is 1.87. The zero-order valence-corrected chi connectivity index (χ0v) is 16.7. The van der Waals surface area contributed by atoms with E-state index in [4.69, 9.17) is 14.0 Å². The minimum absolute atomic E-state index is 0.364. The summed E-state index contributed by atoms with van der Waals surface area (Å²) in [5.74, 6) is 0.666. The van der Waals surface area contributed by atoms with Crippen molar-refractivity contribution in [2.24, 2.45) is 0 Å². The predicted octanol–water partition coefficient (Wildman–Crippen LogP) is 3.32. The molecule has 0 spiro atoms. The summed E-state index contributed by atoms with van der Waals surface area (Å²) in [6.07, 6.45) is 3.63. The fourth-order valence-electron chi connectivity index (χ4n) is 2.71. The van der Waals surface area contributed by atoms with E-state index in [0.717, 1.165) is 16.6 Å². The molecule has 0 amide bonds. The second kappa shape index (κ2) is 6.45. The van der Waals surface area contributed by atoms with Crippen molar-refractivity contribution in [3.63, 3.8) is 0 Å². The number of nitrogens with zero attached hydrogens (tertiary/aromatic N) is 2. The lowest BCUT2D eigenvalue weighted by Crippen LogP contribution is -2.41. The van der Waals surface area contributed by atoms with E-state index < -0.39 is 12.7 Å². The average Bonchev–Trinajstić information content (AvgIpc) is 2.83. The summed E-state index contributed by atoms with van der Waals surface area (Å²) in [5, 5.41) is 0. The minimum atomic E-state index is -0.414. The Kier molecular flexibility index (Phi) is 4.71. The van der Waals surface area contributed by atoms with E-state index in [2.05, 4.69) is 37.7 Å². The molecule has 6 heteroatoms. The first-order chi connectivity index (χ1) is 12.1. The zero-order chi connectivity index (χ0) is 19.2. The number of aromatic nitrogens is 2. The van der Waals surface area contributed by atoms with Crippen LogP contribution in [0, 0.1) is 0 Å². The van der Waals surface area contributed by atoms with Gasteiger partial charge in [0.2, 0.25) is 0 Å². The van der Waals surface area contributed by atoms with Crippen molar-refractivity contribution in [1.82, 2.24) is 9.97 Å². The van der Waals surface area contributed by atoms with Gasteiger partial charge in [0.1, 0.15) is 0 Å². The van der Waals surface area contributed by atoms with Gasteiger partial charge in [-0.2, -0.15) is 0 Å². The zero-order valence-electron chi connectivity index (χ0n) is 16.7. The van der Waals surface area contributed by atoms with Crippen LogP contribution in [0.15, 0.2) is 36.7 Å². The third-order valence-electron chi connectivity index (χ3n) is 5.53. The molecule has 1 aliphatic rings. The summed E-state index contributed by atoms with van der Waals surface area (Å²) >= 11 is 0. The molecular weight excluding hydrogens is 327 g/mol. The van der Waals surface area contributed by atoms with E-state index >= 15 is 0 Å². The molecular formula is C20H27BN2O3. The molecule has 0 aliphatic carbocycles. The topological polar surface area (TPSA) is 53.5 Å². The number of benzene rings is 1. The fraction of sp³-hybridized carbons (Fsp3) is 0.500. The molecule has 138 valence electrons. The molecule has 0 bridgehead atoms. The van der Waals surface area contributed by atoms with Crippen molar-refractivity contribution >= 4 is 12.6 Å². The van der Waals surface area contributed by atoms with E-state index in [0.29, 0.717) is 5.82 Å². The monoisotopic (exact) mass is 354 g/mol. The van der Waals surface area contributed by atoms with Crippen LogP contribution in [0.4, 0.5) is 0 Å². The smallest absolute Gasteiger partial charge is 0.399 e. The molecule has 0 atom stereocenters.